The molecule has 0 bridgehead atoms. The van der Waals surface area contributed by atoms with E-state index >= 15 is 0 Å². The molecule has 120 valence electrons. The van der Waals surface area contributed by atoms with Gasteiger partial charge in [-0.3, -0.25) is 0 Å². The Balaban J connectivity index is 1.96. The molecule has 22 heavy (non-hydrogen) atoms. The van der Waals surface area contributed by atoms with Crippen LogP contribution in [-0.4, -0.2) is 37.6 Å². The number of aliphatic hydroxyl groups is 1. The fourth-order valence-electron chi connectivity index (χ4n) is 3.00. The monoisotopic (exact) mass is 322 g/mol. The van der Waals surface area contributed by atoms with Gasteiger partial charge in [0.25, 0.3) is 0 Å². The Hall–Kier alpha value is -1.42. The van der Waals surface area contributed by atoms with Crippen LogP contribution in [0.5, 0.6) is 0 Å². The van der Waals surface area contributed by atoms with Crippen LogP contribution in [0.4, 0.5) is 0 Å². The molecule has 3 atom stereocenters. The highest BCUT2D eigenvalue weighted by Gasteiger charge is 2.32. The van der Waals surface area contributed by atoms with Gasteiger partial charge in [0.05, 0.1) is 23.0 Å². The molecular weight excluding hydrogens is 300 g/mol. The molecule has 1 saturated carbocycles. The lowest BCUT2D eigenvalue weighted by molar-refractivity contribution is 0.166. The maximum Gasteiger partial charge on any atom is 0.151 e. The molecule has 1 aliphatic rings. The number of rotatable bonds is 5. The Bertz CT molecular complexity index is 634. The van der Waals surface area contributed by atoms with Crippen molar-refractivity contribution in [2.75, 3.05) is 12.8 Å². The van der Waals surface area contributed by atoms with Crippen molar-refractivity contribution in [3.8, 4) is 6.07 Å². The fourth-order valence-corrected chi connectivity index (χ4v) is 4.43. The Morgan fingerprint density at radius 2 is 1.95 bits per heavy atom. The third kappa shape index (κ3) is 4.29. The fraction of sp³-hybridized carbons (Fsp3) is 0.562. The Morgan fingerprint density at radius 1 is 1.32 bits per heavy atom. The third-order valence-electron chi connectivity index (χ3n) is 4.25. The number of nitriles is 1. The van der Waals surface area contributed by atoms with Crippen molar-refractivity contribution in [3.05, 3.63) is 35.4 Å². The van der Waals surface area contributed by atoms with Gasteiger partial charge in [-0.2, -0.15) is 5.26 Å². The third-order valence-corrected chi connectivity index (χ3v) is 5.91. The summed E-state index contributed by atoms with van der Waals surface area (Å²) in [5.41, 5.74) is 1.27. The van der Waals surface area contributed by atoms with E-state index in [1.54, 1.807) is 24.3 Å². The molecule has 0 heterocycles. The SMILES string of the molecule is CS(=O)(=O)[C@@H]1CCCC[C@H]1NCC(O)c1ccc(C#N)cc1. The molecule has 1 fully saturated rings. The summed E-state index contributed by atoms with van der Waals surface area (Å²) < 4.78 is 23.7. The maximum atomic E-state index is 11.8. The number of hydrogen-bond donors (Lipinski definition) is 2. The minimum atomic E-state index is -3.08. The first-order chi connectivity index (χ1) is 10.4. The van der Waals surface area contributed by atoms with Crippen LogP contribution in [0.3, 0.4) is 0 Å². The first-order valence-corrected chi connectivity index (χ1v) is 9.47. The number of nitrogens with zero attached hydrogens (tertiary/aromatic N) is 1. The second kappa shape index (κ2) is 7.23. The zero-order chi connectivity index (χ0) is 16.2. The van der Waals surface area contributed by atoms with Gasteiger partial charge in [-0.25, -0.2) is 8.42 Å². The first-order valence-electron chi connectivity index (χ1n) is 7.52. The van der Waals surface area contributed by atoms with Crippen molar-refractivity contribution < 1.29 is 13.5 Å². The van der Waals surface area contributed by atoms with Crippen LogP contribution in [0.1, 0.15) is 42.9 Å². The highest BCUT2D eigenvalue weighted by Crippen LogP contribution is 2.24. The van der Waals surface area contributed by atoms with E-state index in [0.717, 1.165) is 24.8 Å². The van der Waals surface area contributed by atoms with Gasteiger partial charge < -0.3 is 10.4 Å². The molecule has 1 aromatic rings. The molecule has 6 heteroatoms. The van der Waals surface area contributed by atoms with Gasteiger partial charge in [0.15, 0.2) is 9.84 Å². The van der Waals surface area contributed by atoms with Gasteiger partial charge in [-0.15, -0.1) is 0 Å². The molecule has 2 rings (SSSR count). The van der Waals surface area contributed by atoms with Crippen LogP contribution in [0.15, 0.2) is 24.3 Å². The van der Waals surface area contributed by atoms with Crippen molar-refractivity contribution in [3.63, 3.8) is 0 Å². The van der Waals surface area contributed by atoms with Crippen LogP contribution in [0.25, 0.3) is 0 Å². The van der Waals surface area contributed by atoms with Gasteiger partial charge >= 0.3 is 0 Å². The molecule has 0 aliphatic heterocycles. The van der Waals surface area contributed by atoms with Crippen LogP contribution in [-0.2, 0) is 9.84 Å². The first kappa shape index (κ1) is 16.9. The molecule has 2 N–H and O–H groups in total. The largest absolute Gasteiger partial charge is 0.387 e. The van der Waals surface area contributed by atoms with Gasteiger partial charge in [-0.05, 0) is 30.5 Å². The predicted molar refractivity (Wildman–Crippen MR) is 85.0 cm³/mol. The normalized spacial score (nSPS) is 23.7. The number of sulfone groups is 1. The van der Waals surface area contributed by atoms with Crippen LogP contribution in [0, 0.1) is 11.3 Å². The van der Waals surface area contributed by atoms with E-state index in [0.29, 0.717) is 18.5 Å². The number of benzene rings is 1. The Labute approximate surface area is 131 Å². The van der Waals surface area contributed by atoms with Gasteiger partial charge in [0, 0.05) is 18.8 Å². The van der Waals surface area contributed by atoms with Crippen molar-refractivity contribution >= 4 is 9.84 Å². The quantitative estimate of drug-likeness (QED) is 0.858. The van der Waals surface area contributed by atoms with E-state index in [9.17, 15) is 13.5 Å². The van der Waals surface area contributed by atoms with E-state index in [1.807, 2.05) is 6.07 Å². The average molecular weight is 322 g/mol. The van der Waals surface area contributed by atoms with Crippen LogP contribution in [0.2, 0.25) is 0 Å². The van der Waals surface area contributed by atoms with E-state index in [2.05, 4.69) is 5.32 Å². The van der Waals surface area contributed by atoms with Crippen LogP contribution >= 0.6 is 0 Å². The van der Waals surface area contributed by atoms with Gasteiger partial charge in [0.2, 0.25) is 0 Å². The minimum Gasteiger partial charge on any atom is -0.387 e. The number of hydrogen-bond acceptors (Lipinski definition) is 5. The summed E-state index contributed by atoms with van der Waals surface area (Å²) in [6.45, 7) is 0.308. The summed E-state index contributed by atoms with van der Waals surface area (Å²) in [6, 6.07) is 8.71. The smallest absolute Gasteiger partial charge is 0.151 e. The molecule has 0 spiro atoms. The summed E-state index contributed by atoms with van der Waals surface area (Å²) >= 11 is 0. The summed E-state index contributed by atoms with van der Waals surface area (Å²) in [4.78, 5) is 0. The van der Waals surface area contributed by atoms with Crippen molar-refractivity contribution in [2.24, 2.45) is 0 Å². The topological polar surface area (TPSA) is 90.2 Å². The highest BCUT2D eigenvalue weighted by molar-refractivity contribution is 7.91. The van der Waals surface area contributed by atoms with Crippen molar-refractivity contribution in [1.82, 2.24) is 5.32 Å². The number of nitrogens with one attached hydrogen (secondary N) is 1. The molecule has 5 nitrogen and oxygen atoms in total. The minimum absolute atomic E-state index is 0.100. The average Bonchev–Trinajstić information content (AvgIpc) is 2.52. The zero-order valence-corrected chi connectivity index (χ0v) is 13.5. The molecule has 1 aliphatic carbocycles. The summed E-state index contributed by atoms with van der Waals surface area (Å²) in [5.74, 6) is 0. The molecular formula is C16H22N2O3S. The molecule has 0 aromatic heterocycles. The van der Waals surface area contributed by atoms with E-state index < -0.39 is 15.9 Å². The predicted octanol–water partition coefficient (Wildman–Crippen LogP) is 1.54. The Morgan fingerprint density at radius 3 is 2.55 bits per heavy atom. The number of aliphatic hydroxyl groups excluding tert-OH is 1. The lowest BCUT2D eigenvalue weighted by Crippen LogP contribution is -2.47. The van der Waals surface area contributed by atoms with E-state index in [1.165, 1.54) is 6.26 Å². The van der Waals surface area contributed by atoms with E-state index in [-0.39, 0.29) is 11.3 Å². The van der Waals surface area contributed by atoms with E-state index in [4.69, 9.17) is 5.26 Å². The van der Waals surface area contributed by atoms with Gasteiger partial charge in [0.1, 0.15) is 0 Å². The lowest BCUT2D eigenvalue weighted by atomic mass is 9.94. The molecule has 1 aromatic carbocycles. The second-order valence-electron chi connectivity index (χ2n) is 5.92. The summed E-state index contributed by atoms with van der Waals surface area (Å²) in [5, 5.41) is 21.8. The highest BCUT2D eigenvalue weighted by atomic mass is 32.2. The zero-order valence-electron chi connectivity index (χ0n) is 12.7. The maximum absolute atomic E-state index is 11.8. The van der Waals surface area contributed by atoms with Crippen molar-refractivity contribution in [2.45, 2.75) is 43.1 Å². The standard InChI is InChI=1S/C16H22N2O3S/c1-22(20,21)16-5-3-2-4-14(16)18-11-15(19)13-8-6-12(10-17)7-9-13/h6-9,14-16,18-19H,2-5,11H2,1H3/t14-,15?,16-/m1/s1. The molecule has 1 unspecified atom stereocenters. The molecule has 0 amide bonds. The van der Waals surface area contributed by atoms with Crippen molar-refractivity contribution in [1.29, 1.82) is 5.26 Å². The molecule has 0 saturated heterocycles. The summed E-state index contributed by atoms with van der Waals surface area (Å²) in [6.07, 6.45) is 4.02. The van der Waals surface area contributed by atoms with Crippen LogP contribution < -0.4 is 5.32 Å². The Kier molecular flexibility index (Phi) is 5.57. The lowest BCUT2D eigenvalue weighted by Gasteiger charge is -2.31. The molecule has 0 radical (unpaired) electrons. The van der Waals surface area contributed by atoms with Gasteiger partial charge in [-0.1, -0.05) is 25.0 Å². The summed E-state index contributed by atoms with van der Waals surface area (Å²) in [7, 11) is -3.08. The second-order valence-corrected chi connectivity index (χ2v) is 8.18.